The molecule has 2 fully saturated rings. The van der Waals surface area contributed by atoms with Crippen molar-refractivity contribution in [2.24, 2.45) is 5.92 Å². The predicted octanol–water partition coefficient (Wildman–Crippen LogP) is 1.75. The van der Waals surface area contributed by atoms with E-state index in [0.29, 0.717) is 6.04 Å². The zero-order chi connectivity index (χ0) is 11.2. The maximum absolute atomic E-state index is 9.01. The van der Waals surface area contributed by atoms with Crippen LogP contribution < -0.4 is 5.32 Å². The Hall–Kier alpha value is -0.590. The molecule has 2 rings (SSSR count). The molecule has 0 aromatic heterocycles. The number of nitrogens with one attached hydrogen (secondary N) is 1. The molecule has 2 aliphatic rings. The zero-order valence-electron chi connectivity index (χ0n) is 10.1. The van der Waals surface area contributed by atoms with E-state index in [1.165, 1.54) is 32.1 Å². The quantitative estimate of drug-likeness (QED) is 0.789. The van der Waals surface area contributed by atoms with Gasteiger partial charge in [0.1, 0.15) is 0 Å². The van der Waals surface area contributed by atoms with Gasteiger partial charge in [0, 0.05) is 32.2 Å². The third-order valence-corrected chi connectivity index (χ3v) is 4.12. The molecular formula is C13H23N3. The van der Waals surface area contributed by atoms with Crippen LogP contribution in [0.4, 0.5) is 0 Å². The molecule has 0 bridgehead atoms. The van der Waals surface area contributed by atoms with Crippen LogP contribution in [-0.4, -0.2) is 37.1 Å². The standard InChI is InChI=1S/C13H23N3/c14-7-6-13(12-4-2-1-3-5-12)16-10-8-15-9-11-16/h12-13,15H,1-6,8-11H2. The topological polar surface area (TPSA) is 39.1 Å². The van der Waals surface area contributed by atoms with Crippen molar-refractivity contribution in [2.45, 2.75) is 44.6 Å². The molecule has 1 N–H and O–H groups in total. The van der Waals surface area contributed by atoms with E-state index in [4.69, 9.17) is 5.26 Å². The lowest BCUT2D eigenvalue weighted by Crippen LogP contribution is -2.51. The van der Waals surface area contributed by atoms with Gasteiger partial charge in [-0.25, -0.2) is 0 Å². The van der Waals surface area contributed by atoms with Crippen LogP contribution >= 0.6 is 0 Å². The SMILES string of the molecule is N#CCC(C1CCCCC1)N1CCNCC1. The minimum absolute atomic E-state index is 0.535. The summed E-state index contributed by atoms with van der Waals surface area (Å²) in [6.45, 7) is 4.44. The maximum Gasteiger partial charge on any atom is 0.0638 e. The van der Waals surface area contributed by atoms with Gasteiger partial charge in [-0.2, -0.15) is 5.26 Å². The second-order valence-corrected chi connectivity index (χ2v) is 5.11. The molecule has 0 radical (unpaired) electrons. The summed E-state index contributed by atoms with van der Waals surface area (Å²) in [7, 11) is 0. The van der Waals surface area contributed by atoms with Gasteiger partial charge in [0.25, 0.3) is 0 Å². The van der Waals surface area contributed by atoms with E-state index in [2.05, 4.69) is 16.3 Å². The Labute approximate surface area is 98.8 Å². The number of hydrogen-bond donors (Lipinski definition) is 1. The molecule has 1 aliphatic heterocycles. The molecule has 1 unspecified atom stereocenters. The minimum atomic E-state index is 0.535. The highest BCUT2D eigenvalue weighted by Crippen LogP contribution is 2.30. The highest BCUT2D eigenvalue weighted by molar-refractivity contribution is 4.90. The number of nitriles is 1. The lowest BCUT2D eigenvalue weighted by atomic mass is 9.82. The van der Waals surface area contributed by atoms with Gasteiger partial charge in [0.15, 0.2) is 0 Å². The average Bonchev–Trinajstić information content (AvgIpc) is 2.38. The summed E-state index contributed by atoms with van der Waals surface area (Å²) in [5, 5.41) is 12.4. The minimum Gasteiger partial charge on any atom is -0.314 e. The van der Waals surface area contributed by atoms with E-state index in [-0.39, 0.29) is 0 Å². The van der Waals surface area contributed by atoms with Crippen molar-refractivity contribution in [3.63, 3.8) is 0 Å². The van der Waals surface area contributed by atoms with Gasteiger partial charge in [-0.1, -0.05) is 19.3 Å². The van der Waals surface area contributed by atoms with Crippen molar-refractivity contribution in [2.75, 3.05) is 26.2 Å². The van der Waals surface area contributed by atoms with Gasteiger partial charge >= 0.3 is 0 Å². The van der Waals surface area contributed by atoms with E-state index in [9.17, 15) is 0 Å². The molecule has 3 nitrogen and oxygen atoms in total. The van der Waals surface area contributed by atoms with Crippen LogP contribution in [-0.2, 0) is 0 Å². The largest absolute Gasteiger partial charge is 0.314 e. The fourth-order valence-corrected chi connectivity index (χ4v) is 3.22. The first-order chi connectivity index (χ1) is 7.92. The van der Waals surface area contributed by atoms with Gasteiger partial charge in [-0.15, -0.1) is 0 Å². The summed E-state index contributed by atoms with van der Waals surface area (Å²) in [6, 6.07) is 2.93. The van der Waals surface area contributed by atoms with Crippen LogP contribution in [0.3, 0.4) is 0 Å². The molecule has 1 heterocycles. The van der Waals surface area contributed by atoms with Crippen LogP contribution in [0.25, 0.3) is 0 Å². The van der Waals surface area contributed by atoms with Crippen LogP contribution in [0.1, 0.15) is 38.5 Å². The van der Waals surface area contributed by atoms with Crippen LogP contribution in [0.5, 0.6) is 0 Å². The molecule has 90 valence electrons. The summed E-state index contributed by atoms with van der Waals surface area (Å²) < 4.78 is 0. The smallest absolute Gasteiger partial charge is 0.0638 e. The molecule has 0 amide bonds. The third-order valence-electron chi connectivity index (χ3n) is 4.12. The second-order valence-electron chi connectivity index (χ2n) is 5.11. The van der Waals surface area contributed by atoms with Gasteiger partial charge in [-0.05, 0) is 18.8 Å². The van der Waals surface area contributed by atoms with E-state index >= 15 is 0 Å². The fraction of sp³-hybridized carbons (Fsp3) is 0.923. The summed E-state index contributed by atoms with van der Waals surface area (Å²) >= 11 is 0. The maximum atomic E-state index is 9.01. The molecule has 0 spiro atoms. The van der Waals surface area contributed by atoms with Crippen molar-refractivity contribution in [1.82, 2.24) is 10.2 Å². The van der Waals surface area contributed by atoms with Gasteiger partial charge in [0.2, 0.25) is 0 Å². The monoisotopic (exact) mass is 221 g/mol. The van der Waals surface area contributed by atoms with Crippen LogP contribution in [0, 0.1) is 17.2 Å². The lowest BCUT2D eigenvalue weighted by Gasteiger charge is -2.39. The normalized spacial score (nSPS) is 26.2. The zero-order valence-corrected chi connectivity index (χ0v) is 10.1. The highest BCUT2D eigenvalue weighted by Gasteiger charge is 2.29. The second kappa shape index (κ2) is 6.22. The summed E-state index contributed by atoms with van der Waals surface area (Å²) in [5.41, 5.74) is 0. The molecule has 1 saturated heterocycles. The van der Waals surface area contributed by atoms with Gasteiger partial charge < -0.3 is 5.32 Å². The molecule has 16 heavy (non-hydrogen) atoms. The summed E-state index contributed by atoms with van der Waals surface area (Å²) in [5.74, 6) is 0.784. The molecule has 1 aliphatic carbocycles. The van der Waals surface area contributed by atoms with Crippen molar-refractivity contribution in [1.29, 1.82) is 5.26 Å². The predicted molar refractivity (Wildman–Crippen MR) is 65.0 cm³/mol. The Morgan fingerprint density at radius 2 is 1.88 bits per heavy atom. The van der Waals surface area contributed by atoms with Crippen LogP contribution in [0.15, 0.2) is 0 Å². The molecular weight excluding hydrogens is 198 g/mol. The Kier molecular flexibility index (Phi) is 4.62. The first kappa shape index (κ1) is 11.9. The fourth-order valence-electron chi connectivity index (χ4n) is 3.22. The molecule has 1 saturated carbocycles. The van der Waals surface area contributed by atoms with Gasteiger partial charge in [-0.3, -0.25) is 4.90 Å². The van der Waals surface area contributed by atoms with Crippen LogP contribution in [0.2, 0.25) is 0 Å². The Morgan fingerprint density at radius 1 is 1.19 bits per heavy atom. The first-order valence-electron chi connectivity index (χ1n) is 6.73. The average molecular weight is 221 g/mol. The van der Waals surface area contributed by atoms with E-state index in [1.54, 1.807) is 0 Å². The Bertz CT molecular complexity index is 216. The first-order valence-corrected chi connectivity index (χ1v) is 6.73. The number of hydrogen-bond acceptors (Lipinski definition) is 3. The third kappa shape index (κ3) is 2.96. The Morgan fingerprint density at radius 3 is 2.50 bits per heavy atom. The number of nitrogens with zero attached hydrogens (tertiary/aromatic N) is 2. The van der Waals surface area contributed by atoms with Crippen molar-refractivity contribution in [3.05, 3.63) is 0 Å². The molecule has 0 aromatic rings. The molecule has 0 aromatic carbocycles. The Balaban J connectivity index is 1.94. The summed E-state index contributed by atoms with van der Waals surface area (Å²) in [6.07, 6.45) is 7.56. The van der Waals surface area contributed by atoms with E-state index in [0.717, 1.165) is 38.5 Å². The van der Waals surface area contributed by atoms with Gasteiger partial charge in [0.05, 0.1) is 12.5 Å². The highest BCUT2D eigenvalue weighted by atomic mass is 15.2. The van der Waals surface area contributed by atoms with E-state index in [1.807, 2.05) is 0 Å². The molecule has 3 heteroatoms. The van der Waals surface area contributed by atoms with E-state index < -0.39 is 0 Å². The summed E-state index contributed by atoms with van der Waals surface area (Å²) in [4.78, 5) is 2.55. The number of piperazine rings is 1. The lowest BCUT2D eigenvalue weighted by molar-refractivity contribution is 0.106. The van der Waals surface area contributed by atoms with Crippen molar-refractivity contribution >= 4 is 0 Å². The molecule has 1 atom stereocenters. The number of rotatable bonds is 3. The van der Waals surface area contributed by atoms with Crippen molar-refractivity contribution < 1.29 is 0 Å². The van der Waals surface area contributed by atoms with Crippen molar-refractivity contribution in [3.8, 4) is 6.07 Å².